The van der Waals surface area contributed by atoms with E-state index >= 15 is 0 Å². The van der Waals surface area contributed by atoms with Gasteiger partial charge in [-0.15, -0.1) is 0 Å². The van der Waals surface area contributed by atoms with E-state index in [0.29, 0.717) is 0 Å². The van der Waals surface area contributed by atoms with Crippen LogP contribution in [0, 0.1) is 5.92 Å². The van der Waals surface area contributed by atoms with E-state index in [0.717, 1.165) is 39.9 Å². The van der Waals surface area contributed by atoms with Crippen molar-refractivity contribution in [3.8, 4) is 16.9 Å². The SMILES string of the molecule is C1=CC2=C(c3ccc(N(c4ccccc4)c4ccccc4)cc3)C=CC3Oc4ccc(-c5ccc(N(c6ccccc6)c6ccccc6)cc5)c5cccc(c45)C(=C1)C23. The van der Waals surface area contributed by atoms with Gasteiger partial charge in [0, 0.05) is 39.5 Å². The van der Waals surface area contributed by atoms with E-state index in [1.54, 1.807) is 0 Å². The van der Waals surface area contributed by atoms with Crippen LogP contribution >= 0.6 is 0 Å². The Morgan fingerprint density at radius 3 is 1.46 bits per heavy atom. The summed E-state index contributed by atoms with van der Waals surface area (Å²) in [7, 11) is 0. The van der Waals surface area contributed by atoms with Crippen LogP contribution in [-0.4, -0.2) is 6.10 Å². The third-order valence-corrected chi connectivity index (χ3v) is 11.8. The van der Waals surface area contributed by atoms with E-state index in [1.165, 1.54) is 49.7 Å². The summed E-state index contributed by atoms with van der Waals surface area (Å²) in [5, 5.41) is 2.36. The zero-order valence-corrected chi connectivity index (χ0v) is 32.4. The number of hydrogen-bond acceptors (Lipinski definition) is 3. The van der Waals surface area contributed by atoms with Crippen molar-refractivity contribution in [1.29, 1.82) is 0 Å². The second-order valence-corrected chi connectivity index (χ2v) is 15.2. The van der Waals surface area contributed by atoms with Gasteiger partial charge in [0.1, 0.15) is 11.9 Å². The van der Waals surface area contributed by atoms with Crippen molar-refractivity contribution in [2.75, 3.05) is 9.80 Å². The van der Waals surface area contributed by atoms with Gasteiger partial charge in [-0.25, -0.2) is 0 Å². The second kappa shape index (κ2) is 14.7. The van der Waals surface area contributed by atoms with Gasteiger partial charge in [0.05, 0.1) is 5.92 Å². The van der Waals surface area contributed by atoms with Crippen molar-refractivity contribution in [3.05, 3.63) is 247 Å². The third kappa shape index (κ3) is 6.16. The number of ether oxygens (including phenoxy) is 1. The standard InChI is InChI=1S/C56H40N2O/c1-5-15-41(16-6-1)57(42-17-7-2-8-18-42)45-31-27-39(28-32-45)47-35-37-53-55-49(47)23-13-25-51(55)52-26-14-24-50-48(36-38-54(59-53)56(50)52)40-29-33-46(34-30-40)58(43-19-9-3-10-20-43)44-21-11-4-12-22-44/h1-38,53,55H. The quantitative estimate of drug-likeness (QED) is 0.154. The summed E-state index contributed by atoms with van der Waals surface area (Å²) in [4.78, 5) is 4.61. The molecule has 1 heterocycles. The van der Waals surface area contributed by atoms with Crippen LogP contribution < -0.4 is 14.5 Å². The molecule has 3 aliphatic rings. The molecule has 0 bridgehead atoms. The van der Waals surface area contributed by atoms with Gasteiger partial charge in [0.25, 0.3) is 0 Å². The number of hydrogen-bond donors (Lipinski definition) is 0. The average Bonchev–Trinajstić information content (AvgIpc) is 3.45. The van der Waals surface area contributed by atoms with Crippen molar-refractivity contribution in [2.45, 2.75) is 6.10 Å². The molecule has 1 aliphatic heterocycles. The predicted molar refractivity (Wildman–Crippen MR) is 246 cm³/mol. The highest BCUT2D eigenvalue weighted by molar-refractivity contribution is 6.07. The monoisotopic (exact) mass is 756 g/mol. The third-order valence-electron chi connectivity index (χ3n) is 11.8. The molecule has 0 aromatic heterocycles. The molecule has 8 aromatic carbocycles. The first-order valence-electron chi connectivity index (χ1n) is 20.3. The lowest BCUT2D eigenvalue weighted by Crippen LogP contribution is -2.29. The van der Waals surface area contributed by atoms with Gasteiger partial charge in [-0.2, -0.15) is 0 Å². The maximum Gasteiger partial charge on any atom is 0.128 e. The Bertz CT molecular complexity index is 2850. The lowest BCUT2D eigenvalue weighted by Gasteiger charge is -2.33. The highest BCUT2D eigenvalue weighted by atomic mass is 16.5. The number of para-hydroxylation sites is 4. The van der Waals surface area contributed by atoms with E-state index < -0.39 is 0 Å². The fourth-order valence-corrected chi connectivity index (χ4v) is 9.16. The average molecular weight is 757 g/mol. The summed E-state index contributed by atoms with van der Waals surface area (Å²) in [6.07, 6.45) is 11.2. The highest BCUT2D eigenvalue weighted by Gasteiger charge is 2.37. The molecular weight excluding hydrogens is 717 g/mol. The minimum absolute atomic E-state index is 0.0625. The molecule has 0 saturated carbocycles. The first-order valence-corrected chi connectivity index (χ1v) is 20.3. The molecular formula is C56H40N2O. The highest BCUT2D eigenvalue weighted by Crippen LogP contribution is 2.51. The van der Waals surface area contributed by atoms with E-state index in [2.05, 4.69) is 240 Å². The van der Waals surface area contributed by atoms with Crippen LogP contribution in [0.4, 0.5) is 34.1 Å². The van der Waals surface area contributed by atoms with Crippen molar-refractivity contribution in [3.63, 3.8) is 0 Å². The van der Waals surface area contributed by atoms with E-state index in [9.17, 15) is 0 Å². The maximum absolute atomic E-state index is 7.03. The summed E-state index contributed by atoms with van der Waals surface area (Å²) in [5.41, 5.74) is 15.3. The Labute approximate surface area is 345 Å². The number of rotatable bonds is 8. The minimum Gasteiger partial charge on any atom is -0.485 e. The molecule has 2 aliphatic carbocycles. The molecule has 0 fully saturated rings. The van der Waals surface area contributed by atoms with E-state index in [-0.39, 0.29) is 12.0 Å². The van der Waals surface area contributed by atoms with Crippen LogP contribution in [0.15, 0.2) is 236 Å². The summed E-state index contributed by atoms with van der Waals surface area (Å²) in [6.45, 7) is 0. The molecule has 3 nitrogen and oxygen atoms in total. The Kier molecular flexibility index (Phi) is 8.63. The van der Waals surface area contributed by atoms with Gasteiger partial charge in [-0.1, -0.05) is 146 Å². The van der Waals surface area contributed by atoms with Gasteiger partial charge in [0.2, 0.25) is 0 Å². The number of anilines is 6. The molecule has 0 amide bonds. The number of nitrogens with zero attached hydrogens (tertiary/aromatic N) is 2. The van der Waals surface area contributed by atoms with Crippen LogP contribution in [0.5, 0.6) is 5.75 Å². The van der Waals surface area contributed by atoms with E-state index in [4.69, 9.17) is 4.74 Å². The van der Waals surface area contributed by atoms with Crippen molar-refractivity contribution < 1.29 is 4.74 Å². The summed E-state index contributed by atoms with van der Waals surface area (Å²) in [5.74, 6) is 0.988. The number of allylic oxidation sites excluding steroid dienone is 5. The summed E-state index contributed by atoms with van der Waals surface area (Å²) < 4.78 is 7.03. The zero-order valence-electron chi connectivity index (χ0n) is 32.4. The van der Waals surface area contributed by atoms with Crippen molar-refractivity contribution in [1.82, 2.24) is 0 Å². The molecule has 11 rings (SSSR count). The van der Waals surface area contributed by atoms with Gasteiger partial charge in [0.15, 0.2) is 0 Å². The lowest BCUT2D eigenvalue weighted by atomic mass is 9.73. The van der Waals surface area contributed by atoms with Gasteiger partial charge < -0.3 is 14.5 Å². The Balaban J connectivity index is 0.947. The smallest absolute Gasteiger partial charge is 0.128 e. The topological polar surface area (TPSA) is 15.7 Å². The maximum atomic E-state index is 7.03. The van der Waals surface area contributed by atoms with Crippen LogP contribution in [0.1, 0.15) is 11.1 Å². The predicted octanol–water partition coefficient (Wildman–Crippen LogP) is 14.8. The van der Waals surface area contributed by atoms with Gasteiger partial charge in [-0.05, 0) is 129 Å². The molecule has 2 atom stereocenters. The number of fused-ring (bicyclic) bond motifs is 1. The lowest BCUT2D eigenvalue weighted by molar-refractivity contribution is 0.227. The molecule has 59 heavy (non-hydrogen) atoms. The molecule has 0 spiro atoms. The van der Waals surface area contributed by atoms with Crippen LogP contribution in [-0.2, 0) is 0 Å². The first kappa shape index (κ1) is 34.6. The van der Waals surface area contributed by atoms with Crippen LogP contribution in [0.3, 0.4) is 0 Å². The molecule has 0 saturated heterocycles. The van der Waals surface area contributed by atoms with Crippen molar-refractivity contribution >= 4 is 56.0 Å². The minimum atomic E-state index is -0.126. The Hall–Kier alpha value is -7.62. The molecule has 8 aromatic rings. The Morgan fingerprint density at radius 1 is 0.407 bits per heavy atom. The summed E-state index contributed by atoms with van der Waals surface area (Å²) in [6, 6.07) is 71.3. The molecule has 3 heteroatoms. The normalized spacial score (nSPS) is 16.2. The van der Waals surface area contributed by atoms with Crippen LogP contribution in [0.2, 0.25) is 0 Å². The number of benzene rings is 8. The fourth-order valence-electron chi connectivity index (χ4n) is 9.16. The second-order valence-electron chi connectivity index (χ2n) is 15.2. The Morgan fingerprint density at radius 2 is 0.915 bits per heavy atom. The zero-order chi connectivity index (χ0) is 39.1. The van der Waals surface area contributed by atoms with Crippen molar-refractivity contribution in [2.24, 2.45) is 5.92 Å². The molecule has 280 valence electrons. The molecule has 0 N–H and O–H groups in total. The van der Waals surface area contributed by atoms with Crippen LogP contribution in [0.25, 0.3) is 33.0 Å². The van der Waals surface area contributed by atoms with Gasteiger partial charge >= 0.3 is 0 Å². The first-order chi connectivity index (χ1) is 29.3. The molecule has 0 radical (unpaired) electrons. The molecule has 2 unspecified atom stereocenters. The fraction of sp³-hybridized carbons (Fsp3) is 0.0357. The summed E-state index contributed by atoms with van der Waals surface area (Å²) >= 11 is 0. The van der Waals surface area contributed by atoms with Gasteiger partial charge in [-0.3, -0.25) is 0 Å². The largest absolute Gasteiger partial charge is 0.485 e. The van der Waals surface area contributed by atoms with E-state index in [1.807, 2.05) is 0 Å².